The van der Waals surface area contributed by atoms with E-state index in [0.717, 1.165) is 6.26 Å². The van der Waals surface area contributed by atoms with Crippen LogP contribution in [0.3, 0.4) is 0 Å². The lowest BCUT2D eigenvalue weighted by Crippen LogP contribution is -2.33. The molecule has 120 valence electrons. The minimum atomic E-state index is -3.39. The van der Waals surface area contributed by atoms with Crippen LogP contribution in [-0.4, -0.2) is 56.8 Å². The van der Waals surface area contributed by atoms with Crippen LogP contribution in [0.4, 0.5) is 0 Å². The molecule has 9 heteroatoms. The summed E-state index contributed by atoms with van der Waals surface area (Å²) < 4.78 is 39.8. The first-order valence-corrected chi connectivity index (χ1v) is 8.05. The summed E-state index contributed by atoms with van der Waals surface area (Å²) in [6, 6.07) is 0. The highest BCUT2D eigenvalue weighted by molar-refractivity contribution is 7.89. The van der Waals surface area contributed by atoms with E-state index < -0.39 is 16.0 Å². The minimum absolute atomic E-state index is 0.0123. The molecule has 0 atom stereocenters. The zero-order valence-corrected chi connectivity index (χ0v) is 13.2. The maximum absolute atomic E-state index is 12.0. The average Bonchev–Trinajstić information content (AvgIpc) is 2.94. The van der Waals surface area contributed by atoms with E-state index in [0.29, 0.717) is 19.6 Å². The van der Waals surface area contributed by atoms with Crippen LogP contribution in [0.2, 0.25) is 0 Å². The quantitative estimate of drug-likeness (QED) is 0.486. The molecule has 1 aromatic rings. The van der Waals surface area contributed by atoms with Gasteiger partial charge >= 0.3 is 5.97 Å². The van der Waals surface area contributed by atoms with Crippen LogP contribution in [0.5, 0.6) is 0 Å². The van der Waals surface area contributed by atoms with Gasteiger partial charge in [-0.3, -0.25) is 0 Å². The van der Waals surface area contributed by atoms with E-state index in [1.54, 1.807) is 14.0 Å². The molecule has 21 heavy (non-hydrogen) atoms. The van der Waals surface area contributed by atoms with Crippen molar-refractivity contribution in [3.05, 3.63) is 17.8 Å². The first-order chi connectivity index (χ1) is 9.94. The van der Waals surface area contributed by atoms with Gasteiger partial charge in [-0.25, -0.2) is 18.2 Å². The highest BCUT2D eigenvalue weighted by Crippen LogP contribution is 2.11. The van der Waals surface area contributed by atoms with Crippen LogP contribution in [0.1, 0.15) is 29.7 Å². The van der Waals surface area contributed by atoms with Gasteiger partial charge in [0.2, 0.25) is 15.9 Å². The van der Waals surface area contributed by atoms with E-state index in [4.69, 9.17) is 9.15 Å². The second-order valence-electron chi connectivity index (χ2n) is 4.20. The second kappa shape index (κ2) is 8.11. The summed E-state index contributed by atoms with van der Waals surface area (Å²) in [5, 5.41) is 0. The zero-order valence-electron chi connectivity index (χ0n) is 12.4. The highest BCUT2D eigenvalue weighted by Gasteiger charge is 2.23. The molecule has 1 aromatic heterocycles. The lowest BCUT2D eigenvalue weighted by atomic mass is 10.4. The van der Waals surface area contributed by atoms with Crippen LogP contribution >= 0.6 is 0 Å². The molecule has 0 bridgehead atoms. The monoisotopic (exact) mass is 320 g/mol. The minimum Gasteiger partial charge on any atom is -0.464 e. The normalized spacial score (nSPS) is 11.8. The Hall–Kier alpha value is -1.45. The molecule has 0 aromatic carbocycles. The molecule has 1 heterocycles. The van der Waals surface area contributed by atoms with Crippen molar-refractivity contribution in [2.24, 2.45) is 0 Å². The lowest BCUT2D eigenvalue weighted by Gasteiger charge is -2.19. The fraction of sp³-hybridized carbons (Fsp3) is 0.667. The summed E-state index contributed by atoms with van der Waals surface area (Å²) in [7, 11) is -0.611. The number of rotatable bonds is 9. The average molecular weight is 320 g/mol. The summed E-state index contributed by atoms with van der Waals surface area (Å²) in [6.45, 7) is 2.28. The largest absolute Gasteiger partial charge is 0.464 e. The topological polar surface area (TPSA) is 98.9 Å². The van der Waals surface area contributed by atoms with Crippen LogP contribution in [0.15, 0.2) is 10.7 Å². The maximum atomic E-state index is 12.0. The number of hydrogen-bond donors (Lipinski definition) is 0. The standard InChI is InChI=1S/C12H20N2O6S/c1-4-21(16,17)14(6-5-7-18-2)8-11-13-10(9-20-11)12(15)19-3/h9H,4-8H2,1-3H3. The number of sulfonamides is 1. The number of carbonyl (C=O) groups excluding carboxylic acids is 1. The number of methoxy groups -OCH3 is 2. The Balaban J connectivity index is 2.80. The molecule has 0 saturated carbocycles. The molecule has 0 radical (unpaired) electrons. The van der Waals surface area contributed by atoms with Gasteiger partial charge in [-0.1, -0.05) is 0 Å². The van der Waals surface area contributed by atoms with Gasteiger partial charge in [-0.05, 0) is 13.3 Å². The Morgan fingerprint density at radius 2 is 2.14 bits per heavy atom. The Kier molecular flexibility index (Phi) is 6.79. The molecule has 0 saturated heterocycles. The molecule has 0 aliphatic rings. The van der Waals surface area contributed by atoms with Gasteiger partial charge in [0.15, 0.2) is 5.69 Å². The van der Waals surface area contributed by atoms with Crippen molar-refractivity contribution in [3.8, 4) is 0 Å². The Bertz CT molecular complexity index is 554. The first-order valence-electron chi connectivity index (χ1n) is 6.44. The van der Waals surface area contributed by atoms with Gasteiger partial charge in [0, 0.05) is 20.3 Å². The second-order valence-corrected chi connectivity index (χ2v) is 6.46. The van der Waals surface area contributed by atoms with E-state index in [2.05, 4.69) is 9.72 Å². The van der Waals surface area contributed by atoms with E-state index in [1.807, 2.05) is 0 Å². The SMILES string of the molecule is CCS(=O)(=O)N(CCCOC)Cc1nc(C(=O)OC)co1. The lowest BCUT2D eigenvalue weighted by molar-refractivity contribution is 0.0594. The smallest absolute Gasteiger partial charge is 0.360 e. The number of esters is 1. The Morgan fingerprint density at radius 3 is 2.71 bits per heavy atom. The van der Waals surface area contributed by atoms with Crippen LogP contribution in [-0.2, 0) is 26.0 Å². The van der Waals surface area contributed by atoms with Gasteiger partial charge in [0.1, 0.15) is 6.26 Å². The van der Waals surface area contributed by atoms with Gasteiger partial charge in [0.05, 0.1) is 19.4 Å². The molecule has 1 rings (SSSR count). The fourth-order valence-electron chi connectivity index (χ4n) is 1.62. The van der Waals surface area contributed by atoms with E-state index in [1.165, 1.54) is 11.4 Å². The van der Waals surface area contributed by atoms with Gasteiger partial charge < -0.3 is 13.9 Å². The van der Waals surface area contributed by atoms with Crippen LogP contribution in [0.25, 0.3) is 0 Å². The van der Waals surface area contributed by atoms with Gasteiger partial charge in [0.25, 0.3) is 0 Å². The van der Waals surface area contributed by atoms with Crippen molar-refractivity contribution in [3.63, 3.8) is 0 Å². The third-order valence-corrected chi connectivity index (χ3v) is 4.60. The first kappa shape index (κ1) is 17.6. The summed E-state index contributed by atoms with van der Waals surface area (Å²) in [4.78, 5) is 15.2. The number of oxazole rings is 1. The fourth-order valence-corrected chi connectivity index (χ4v) is 2.70. The van der Waals surface area contributed by atoms with Gasteiger partial charge in [-0.2, -0.15) is 4.31 Å². The van der Waals surface area contributed by atoms with E-state index >= 15 is 0 Å². The molecular formula is C12H20N2O6S. The zero-order chi connectivity index (χ0) is 15.9. The predicted octanol–water partition coefficient (Wildman–Crippen LogP) is 0.649. The van der Waals surface area contributed by atoms with E-state index in [-0.39, 0.29) is 23.9 Å². The summed E-state index contributed by atoms with van der Waals surface area (Å²) in [5.74, 6) is -0.510. The molecular weight excluding hydrogens is 300 g/mol. The van der Waals surface area contributed by atoms with E-state index in [9.17, 15) is 13.2 Å². The number of aromatic nitrogens is 1. The molecule has 0 fully saturated rings. The third kappa shape index (κ3) is 5.10. The van der Waals surface area contributed by atoms with Gasteiger partial charge in [-0.15, -0.1) is 0 Å². The molecule has 0 aliphatic heterocycles. The highest BCUT2D eigenvalue weighted by atomic mass is 32.2. The number of nitrogens with zero attached hydrogens (tertiary/aromatic N) is 2. The summed E-state index contributed by atoms with van der Waals surface area (Å²) in [6.07, 6.45) is 1.70. The van der Waals surface area contributed by atoms with Crippen LogP contribution in [0, 0.1) is 0 Å². The predicted molar refractivity (Wildman–Crippen MR) is 74.2 cm³/mol. The van der Waals surface area contributed by atoms with Crippen molar-refractivity contribution >= 4 is 16.0 Å². The molecule has 0 aliphatic carbocycles. The van der Waals surface area contributed by atoms with Crippen molar-refractivity contribution in [2.75, 3.05) is 33.1 Å². The number of carbonyl (C=O) groups is 1. The third-order valence-electron chi connectivity index (χ3n) is 2.77. The molecule has 0 spiro atoms. The van der Waals surface area contributed by atoms with Crippen molar-refractivity contribution < 1.29 is 27.1 Å². The molecule has 8 nitrogen and oxygen atoms in total. The maximum Gasteiger partial charge on any atom is 0.360 e. The van der Waals surface area contributed by atoms with Crippen molar-refractivity contribution in [2.45, 2.75) is 19.9 Å². The molecule has 0 amide bonds. The number of ether oxygens (including phenoxy) is 2. The Morgan fingerprint density at radius 1 is 1.43 bits per heavy atom. The molecule has 0 N–H and O–H groups in total. The molecule has 0 unspecified atom stereocenters. The summed E-state index contributed by atoms with van der Waals surface area (Å²) >= 11 is 0. The van der Waals surface area contributed by atoms with Crippen molar-refractivity contribution in [1.29, 1.82) is 0 Å². The van der Waals surface area contributed by atoms with Crippen molar-refractivity contribution in [1.82, 2.24) is 9.29 Å². The van der Waals surface area contributed by atoms with Crippen LogP contribution < -0.4 is 0 Å². The summed E-state index contributed by atoms with van der Waals surface area (Å²) in [5.41, 5.74) is 0.0123. The number of hydrogen-bond acceptors (Lipinski definition) is 7. The Labute approximate surface area is 124 Å².